The Morgan fingerprint density at radius 3 is 2.79 bits per heavy atom. The van der Waals surface area contributed by atoms with E-state index in [1.165, 1.54) is 49.4 Å². The van der Waals surface area contributed by atoms with Gasteiger partial charge >= 0.3 is 0 Å². The third-order valence-electron chi connectivity index (χ3n) is 3.92. The van der Waals surface area contributed by atoms with Gasteiger partial charge in [0.15, 0.2) is 0 Å². The van der Waals surface area contributed by atoms with E-state index >= 15 is 0 Å². The number of nitrogens with zero attached hydrogens (tertiary/aromatic N) is 3. The van der Waals surface area contributed by atoms with Crippen molar-refractivity contribution < 1.29 is 0 Å². The van der Waals surface area contributed by atoms with Crippen molar-refractivity contribution in [3.05, 3.63) is 48.5 Å². The second-order valence-corrected chi connectivity index (χ2v) is 7.90. The minimum atomic E-state index is 0.349. The average molecular weight is 360 g/mol. The topological polar surface area (TPSA) is 41.6 Å². The molecule has 1 heterocycles. The molecule has 0 N–H and O–H groups in total. The highest BCUT2D eigenvalue weighted by Crippen LogP contribution is 2.37. The van der Waals surface area contributed by atoms with Crippen LogP contribution in [0.4, 0.5) is 0 Å². The standard InChI is InChI=1S/C19H25N3S2/c1-2-3-4-5-8-13-23-19(14-22-12-11-21-16-22)17-9-6-7-10-18(17)24-15-20/h6-7,9-12,16,19H,2-5,8,13-14H2,1H3. The lowest BCUT2D eigenvalue weighted by molar-refractivity contribution is 0.654. The van der Waals surface area contributed by atoms with Gasteiger partial charge in [0.1, 0.15) is 5.40 Å². The molecule has 1 atom stereocenters. The highest BCUT2D eigenvalue weighted by atomic mass is 32.2. The lowest BCUT2D eigenvalue weighted by atomic mass is 10.1. The van der Waals surface area contributed by atoms with Gasteiger partial charge in [-0.15, -0.1) is 0 Å². The van der Waals surface area contributed by atoms with Crippen LogP contribution in [0.15, 0.2) is 47.9 Å². The summed E-state index contributed by atoms with van der Waals surface area (Å²) in [5, 5.41) is 11.6. The molecule has 3 nitrogen and oxygen atoms in total. The van der Waals surface area contributed by atoms with E-state index in [0.717, 1.165) is 17.2 Å². The summed E-state index contributed by atoms with van der Waals surface area (Å²) in [4.78, 5) is 5.23. The van der Waals surface area contributed by atoms with Crippen LogP contribution in [0.2, 0.25) is 0 Å². The normalized spacial score (nSPS) is 12.0. The fourth-order valence-electron chi connectivity index (χ4n) is 2.65. The molecule has 0 saturated carbocycles. The number of nitriles is 1. The van der Waals surface area contributed by atoms with Crippen molar-refractivity contribution >= 4 is 23.5 Å². The Balaban J connectivity index is 2.01. The van der Waals surface area contributed by atoms with Crippen molar-refractivity contribution in [1.29, 1.82) is 5.26 Å². The minimum absolute atomic E-state index is 0.349. The van der Waals surface area contributed by atoms with Gasteiger partial charge in [-0.25, -0.2) is 4.98 Å². The number of thioether (sulfide) groups is 2. The number of benzene rings is 1. The Labute approximate surface area is 153 Å². The van der Waals surface area contributed by atoms with Crippen molar-refractivity contribution in [2.45, 2.75) is 55.7 Å². The highest BCUT2D eigenvalue weighted by Gasteiger charge is 2.16. The molecule has 0 bridgehead atoms. The van der Waals surface area contributed by atoms with E-state index in [9.17, 15) is 0 Å². The van der Waals surface area contributed by atoms with E-state index in [1.807, 2.05) is 42.6 Å². The zero-order valence-electron chi connectivity index (χ0n) is 14.2. The second-order valence-electron chi connectivity index (χ2n) is 5.76. The summed E-state index contributed by atoms with van der Waals surface area (Å²) in [7, 11) is 0. The summed E-state index contributed by atoms with van der Waals surface area (Å²) >= 11 is 3.26. The lowest BCUT2D eigenvalue weighted by Crippen LogP contribution is -2.07. The summed E-state index contributed by atoms with van der Waals surface area (Å²) in [6.07, 6.45) is 12.2. The summed E-state index contributed by atoms with van der Waals surface area (Å²) in [5.41, 5.74) is 1.26. The van der Waals surface area contributed by atoms with E-state index in [2.05, 4.69) is 34.0 Å². The van der Waals surface area contributed by atoms with Crippen molar-refractivity contribution in [3.8, 4) is 5.40 Å². The highest BCUT2D eigenvalue weighted by molar-refractivity contribution is 8.04. The number of thiocyanates is 1. The Bertz CT molecular complexity index is 620. The monoisotopic (exact) mass is 359 g/mol. The predicted molar refractivity (Wildman–Crippen MR) is 104 cm³/mol. The first-order valence-corrected chi connectivity index (χ1v) is 10.4. The molecule has 1 aromatic carbocycles. The van der Waals surface area contributed by atoms with Gasteiger partial charge < -0.3 is 4.57 Å². The molecular weight excluding hydrogens is 334 g/mol. The van der Waals surface area contributed by atoms with Gasteiger partial charge in [-0.1, -0.05) is 50.8 Å². The molecule has 0 saturated heterocycles. The molecule has 0 aliphatic rings. The Kier molecular flexibility index (Phi) is 8.86. The zero-order chi connectivity index (χ0) is 17.0. The van der Waals surface area contributed by atoms with E-state index in [0.29, 0.717) is 5.25 Å². The number of imidazole rings is 1. The van der Waals surface area contributed by atoms with Crippen LogP contribution in [-0.4, -0.2) is 15.3 Å². The summed E-state index contributed by atoms with van der Waals surface area (Å²) in [5.74, 6) is 1.16. The van der Waals surface area contributed by atoms with Gasteiger partial charge in [-0.05, 0) is 35.6 Å². The van der Waals surface area contributed by atoms with Gasteiger partial charge in [0, 0.05) is 29.1 Å². The smallest absolute Gasteiger partial charge is 0.138 e. The Hall–Kier alpha value is -1.38. The van der Waals surface area contributed by atoms with Gasteiger partial charge in [-0.3, -0.25) is 0 Å². The SMILES string of the molecule is CCCCCCCSC(Cn1ccnc1)c1ccccc1SC#N. The summed E-state index contributed by atoms with van der Waals surface area (Å²) in [6.45, 7) is 3.14. The van der Waals surface area contributed by atoms with Crippen molar-refractivity contribution in [2.75, 3.05) is 5.75 Å². The van der Waals surface area contributed by atoms with E-state index in [-0.39, 0.29) is 0 Å². The third-order valence-corrected chi connectivity index (χ3v) is 5.94. The largest absolute Gasteiger partial charge is 0.336 e. The first kappa shape index (κ1) is 19.0. The van der Waals surface area contributed by atoms with Crippen LogP contribution in [-0.2, 0) is 6.54 Å². The fourth-order valence-corrected chi connectivity index (χ4v) is 4.61. The van der Waals surface area contributed by atoms with E-state index in [1.54, 1.807) is 0 Å². The Morgan fingerprint density at radius 2 is 2.04 bits per heavy atom. The molecule has 2 rings (SSSR count). The number of rotatable bonds is 11. The van der Waals surface area contributed by atoms with Crippen LogP contribution < -0.4 is 0 Å². The van der Waals surface area contributed by atoms with Gasteiger partial charge in [0.25, 0.3) is 0 Å². The maximum absolute atomic E-state index is 9.07. The van der Waals surface area contributed by atoms with Crippen LogP contribution in [0.5, 0.6) is 0 Å². The second kappa shape index (κ2) is 11.2. The van der Waals surface area contributed by atoms with Crippen LogP contribution >= 0.6 is 23.5 Å². The molecule has 0 spiro atoms. The molecule has 2 aromatic rings. The number of aromatic nitrogens is 2. The maximum atomic E-state index is 9.07. The van der Waals surface area contributed by atoms with Crippen molar-refractivity contribution in [1.82, 2.24) is 9.55 Å². The van der Waals surface area contributed by atoms with Crippen molar-refractivity contribution in [3.63, 3.8) is 0 Å². The van der Waals surface area contributed by atoms with Gasteiger partial charge in [-0.2, -0.15) is 17.0 Å². The zero-order valence-corrected chi connectivity index (χ0v) is 15.9. The first-order chi connectivity index (χ1) is 11.8. The first-order valence-electron chi connectivity index (χ1n) is 8.57. The number of hydrogen-bond donors (Lipinski definition) is 0. The summed E-state index contributed by atoms with van der Waals surface area (Å²) < 4.78 is 2.13. The maximum Gasteiger partial charge on any atom is 0.138 e. The molecule has 1 unspecified atom stereocenters. The molecule has 24 heavy (non-hydrogen) atoms. The lowest BCUT2D eigenvalue weighted by Gasteiger charge is -2.20. The summed E-state index contributed by atoms with van der Waals surface area (Å²) in [6, 6.07) is 8.28. The Morgan fingerprint density at radius 1 is 1.21 bits per heavy atom. The predicted octanol–water partition coefficient (Wildman–Crippen LogP) is 5.90. The quantitative estimate of drug-likeness (QED) is 0.284. The number of unbranched alkanes of at least 4 members (excludes halogenated alkanes) is 4. The van der Waals surface area contributed by atoms with E-state index in [4.69, 9.17) is 5.26 Å². The average Bonchev–Trinajstić information content (AvgIpc) is 3.11. The number of hydrogen-bond acceptors (Lipinski definition) is 4. The molecule has 128 valence electrons. The molecular formula is C19H25N3S2. The molecule has 0 radical (unpaired) electrons. The van der Waals surface area contributed by atoms with Crippen LogP contribution in [0.1, 0.15) is 49.8 Å². The fraction of sp³-hybridized carbons (Fsp3) is 0.474. The molecule has 0 amide bonds. The molecule has 5 heteroatoms. The van der Waals surface area contributed by atoms with Crippen LogP contribution in [0.25, 0.3) is 0 Å². The molecule has 0 aliphatic heterocycles. The third kappa shape index (κ3) is 6.26. The van der Waals surface area contributed by atoms with Crippen molar-refractivity contribution in [2.24, 2.45) is 0 Å². The van der Waals surface area contributed by atoms with E-state index < -0.39 is 0 Å². The van der Waals surface area contributed by atoms with Gasteiger partial charge in [0.05, 0.1) is 6.33 Å². The molecule has 0 aliphatic carbocycles. The minimum Gasteiger partial charge on any atom is -0.336 e. The van der Waals surface area contributed by atoms with Crippen LogP contribution in [0.3, 0.4) is 0 Å². The van der Waals surface area contributed by atoms with Gasteiger partial charge in [0.2, 0.25) is 0 Å². The van der Waals surface area contributed by atoms with Crippen LogP contribution in [0, 0.1) is 10.7 Å². The molecule has 1 aromatic heterocycles. The molecule has 0 fully saturated rings.